The van der Waals surface area contributed by atoms with Crippen LogP contribution in [0.2, 0.25) is 5.02 Å². The van der Waals surface area contributed by atoms with Crippen molar-refractivity contribution in [1.29, 1.82) is 5.26 Å². The Morgan fingerprint density at radius 3 is 2.45 bits per heavy atom. The van der Waals surface area contributed by atoms with Gasteiger partial charge < -0.3 is 4.74 Å². The molecule has 4 heteroatoms. The van der Waals surface area contributed by atoms with Gasteiger partial charge >= 0.3 is 0 Å². The zero-order valence-electron chi connectivity index (χ0n) is 12.3. The fourth-order valence-electron chi connectivity index (χ4n) is 1.93. The van der Waals surface area contributed by atoms with Gasteiger partial charge in [-0.15, -0.1) is 0 Å². The molecule has 0 aliphatic heterocycles. The third-order valence-electron chi connectivity index (χ3n) is 2.91. The normalized spacial score (nSPS) is 11.4. The van der Waals surface area contributed by atoms with Crippen LogP contribution in [0.25, 0.3) is 11.6 Å². The zero-order chi connectivity index (χ0) is 16.1. The Labute approximate surface area is 144 Å². The molecule has 0 aromatic heterocycles. The number of nitrogens with zero attached hydrogens (tertiary/aromatic N) is 1. The molecule has 22 heavy (non-hydrogen) atoms. The summed E-state index contributed by atoms with van der Waals surface area (Å²) >= 11 is 9.38. The number of benzene rings is 2. The third kappa shape index (κ3) is 4.37. The van der Waals surface area contributed by atoms with Crippen LogP contribution in [0, 0.1) is 11.3 Å². The van der Waals surface area contributed by atoms with Gasteiger partial charge in [-0.3, -0.25) is 0 Å². The van der Waals surface area contributed by atoms with E-state index < -0.39 is 0 Å². The Morgan fingerprint density at radius 2 is 1.91 bits per heavy atom. The van der Waals surface area contributed by atoms with Crippen molar-refractivity contribution in [3.8, 4) is 11.8 Å². The molecule has 0 radical (unpaired) electrons. The number of nitriles is 1. The van der Waals surface area contributed by atoms with Crippen LogP contribution in [-0.2, 0) is 0 Å². The molecule has 2 nitrogen and oxygen atoms in total. The van der Waals surface area contributed by atoms with Crippen LogP contribution in [0.3, 0.4) is 0 Å². The Morgan fingerprint density at radius 1 is 1.23 bits per heavy atom. The minimum atomic E-state index is 0.112. The smallest absolute Gasteiger partial charge is 0.133 e. The van der Waals surface area contributed by atoms with Gasteiger partial charge in [-0.1, -0.05) is 29.8 Å². The van der Waals surface area contributed by atoms with E-state index in [0.29, 0.717) is 10.6 Å². The molecule has 2 aromatic carbocycles. The fraction of sp³-hybridized carbons (Fsp3) is 0.167. The summed E-state index contributed by atoms with van der Waals surface area (Å²) in [7, 11) is 0. The van der Waals surface area contributed by atoms with Gasteiger partial charge in [0, 0.05) is 5.02 Å². The molecule has 0 amide bonds. The molecule has 0 aliphatic carbocycles. The summed E-state index contributed by atoms with van der Waals surface area (Å²) in [6.45, 7) is 3.96. The average Bonchev–Trinajstić information content (AvgIpc) is 2.48. The molecule has 0 bridgehead atoms. The molecule has 112 valence electrons. The van der Waals surface area contributed by atoms with E-state index in [9.17, 15) is 5.26 Å². The van der Waals surface area contributed by atoms with Crippen molar-refractivity contribution in [3.05, 3.63) is 63.1 Å². The first kappa shape index (κ1) is 16.6. The Hall–Kier alpha value is -1.76. The van der Waals surface area contributed by atoms with Crippen LogP contribution in [0.4, 0.5) is 0 Å². The highest BCUT2D eigenvalue weighted by molar-refractivity contribution is 9.10. The maximum absolute atomic E-state index is 9.37. The number of allylic oxidation sites excluding steroid dienone is 1. The molecular formula is C18H15BrClNO. The first-order valence-electron chi connectivity index (χ1n) is 6.83. The van der Waals surface area contributed by atoms with Gasteiger partial charge in [-0.2, -0.15) is 5.26 Å². The maximum Gasteiger partial charge on any atom is 0.133 e. The molecule has 0 N–H and O–H groups in total. The van der Waals surface area contributed by atoms with E-state index >= 15 is 0 Å². The molecule has 0 atom stereocenters. The minimum absolute atomic E-state index is 0.112. The van der Waals surface area contributed by atoms with Gasteiger partial charge in [-0.05, 0) is 71.2 Å². The lowest BCUT2D eigenvalue weighted by molar-refractivity contribution is 0.241. The molecule has 0 heterocycles. The minimum Gasteiger partial charge on any atom is -0.490 e. The summed E-state index contributed by atoms with van der Waals surface area (Å²) in [5.41, 5.74) is 2.35. The topological polar surface area (TPSA) is 33.0 Å². The molecule has 0 fully saturated rings. The number of ether oxygens (including phenoxy) is 1. The van der Waals surface area contributed by atoms with E-state index in [1.807, 2.05) is 50.3 Å². The SMILES string of the molecule is CC(C)Oc1ccc(C=C(C#N)c2ccc(Cl)cc2)cc1Br. The van der Waals surface area contributed by atoms with Gasteiger partial charge in [0.15, 0.2) is 0 Å². The Kier molecular flexibility index (Phi) is 5.65. The molecule has 0 saturated heterocycles. The van der Waals surface area contributed by atoms with Crippen molar-refractivity contribution >= 4 is 39.2 Å². The summed E-state index contributed by atoms with van der Waals surface area (Å²) in [5, 5.41) is 10.0. The van der Waals surface area contributed by atoms with Crippen molar-refractivity contribution in [3.63, 3.8) is 0 Å². The number of hydrogen-bond acceptors (Lipinski definition) is 2. The van der Waals surface area contributed by atoms with Crippen molar-refractivity contribution < 1.29 is 4.74 Å². The van der Waals surface area contributed by atoms with Gasteiger partial charge in [0.2, 0.25) is 0 Å². The first-order chi connectivity index (χ1) is 10.5. The Balaban J connectivity index is 2.32. The van der Waals surface area contributed by atoms with Gasteiger partial charge in [0.1, 0.15) is 5.75 Å². The second-order valence-electron chi connectivity index (χ2n) is 5.03. The van der Waals surface area contributed by atoms with Crippen molar-refractivity contribution in [2.45, 2.75) is 20.0 Å². The summed E-state index contributed by atoms with van der Waals surface area (Å²) < 4.78 is 6.55. The molecule has 0 unspecified atom stereocenters. The number of hydrogen-bond donors (Lipinski definition) is 0. The van der Waals surface area contributed by atoms with Crippen LogP contribution in [0.15, 0.2) is 46.9 Å². The molecule has 0 saturated carbocycles. The summed E-state index contributed by atoms with van der Waals surface area (Å²) in [4.78, 5) is 0. The van der Waals surface area contributed by atoms with Crippen molar-refractivity contribution in [2.24, 2.45) is 0 Å². The van der Waals surface area contributed by atoms with Crippen LogP contribution in [0.1, 0.15) is 25.0 Å². The third-order valence-corrected chi connectivity index (χ3v) is 3.78. The lowest BCUT2D eigenvalue weighted by Gasteiger charge is -2.11. The highest BCUT2D eigenvalue weighted by Crippen LogP contribution is 2.29. The van der Waals surface area contributed by atoms with Crippen molar-refractivity contribution in [1.82, 2.24) is 0 Å². The summed E-state index contributed by atoms with van der Waals surface area (Å²) in [5.74, 6) is 0.789. The number of rotatable bonds is 4. The predicted octanol–water partition coefficient (Wildman–Crippen LogP) is 5.95. The van der Waals surface area contributed by atoms with E-state index in [2.05, 4.69) is 22.0 Å². The van der Waals surface area contributed by atoms with E-state index in [4.69, 9.17) is 16.3 Å². The summed E-state index contributed by atoms with van der Waals surface area (Å²) in [6, 6.07) is 15.2. The second-order valence-corrected chi connectivity index (χ2v) is 6.32. The molecule has 0 aliphatic rings. The van der Waals surface area contributed by atoms with Gasteiger partial charge in [-0.25, -0.2) is 0 Å². The monoisotopic (exact) mass is 375 g/mol. The second kappa shape index (κ2) is 7.49. The van der Waals surface area contributed by atoms with Crippen LogP contribution < -0.4 is 4.74 Å². The van der Waals surface area contributed by atoms with E-state index in [0.717, 1.165) is 21.3 Å². The lowest BCUT2D eigenvalue weighted by atomic mass is 10.0. The average molecular weight is 377 g/mol. The van der Waals surface area contributed by atoms with Crippen LogP contribution >= 0.6 is 27.5 Å². The van der Waals surface area contributed by atoms with Gasteiger partial charge in [0.25, 0.3) is 0 Å². The molecule has 2 aromatic rings. The number of halogens is 2. The van der Waals surface area contributed by atoms with Crippen LogP contribution in [-0.4, -0.2) is 6.10 Å². The van der Waals surface area contributed by atoms with Crippen molar-refractivity contribution in [2.75, 3.05) is 0 Å². The lowest BCUT2D eigenvalue weighted by Crippen LogP contribution is -2.05. The Bertz CT molecular complexity index is 730. The van der Waals surface area contributed by atoms with E-state index in [1.54, 1.807) is 12.1 Å². The standard InChI is InChI=1S/C18H15BrClNO/c1-12(2)22-18-8-3-13(10-17(18)19)9-15(11-21)14-4-6-16(20)7-5-14/h3-10,12H,1-2H3. The van der Waals surface area contributed by atoms with E-state index in [-0.39, 0.29) is 6.10 Å². The quantitative estimate of drug-likeness (QED) is 0.487. The largest absolute Gasteiger partial charge is 0.490 e. The predicted molar refractivity (Wildman–Crippen MR) is 94.8 cm³/mol. The first-order valence-corrected chi connectivity index (χ1v) is 8.00. The van der Waals surface area contributed by atoms with Gasteiger partial charge in [0.05, 0.1) is 22.2 Å². The molecule has 2 rings (SSSR count). The zero-order valence-corrected chi connectivity index (χ0v) is 14.6. The highest BCUT2D eigenvalue weighted by Gasteiger charge is 2.06. The fourth-order valence-corrected chi connectivity index (χ4v) is 2.55. The summed E-state index contributed by atoms with van der Waals surface area (Å²) in [6.07, 6.45) is 1.95. The molecule has 0 spiro atoms. The maximum atomic E-state index is 9.37. The van der Waals surface area contributed by atoms with Crippen LogP contribution in [0.5, 0.6) is 5.75 Å². The van der Waals surface area contributed by atoms with E-state index in [1.165, 1.54) is 0 Å². The molecular weight excluding hydrogens is 362 g/mol. The highest BCUT2D eigenvalue weighted by atomic mass is 79.9.